The third kappa shape index (κ3) is 5.99. The summed E-state index contributed by atoms with van der Waals surface area (Å²) in [4.78, 5) is 13.5. The predicted octanol–water partition coefficient (Wildman–Crippen LogP) is 6.32. The number of amides is 1. The number of para-hydroxylation sites is 1. The van der Waals surface area contributed by atoms with Crippen LogP contribution in [-0.4, -0.2) is 26.9 Å². The minimum atomic E-state index is -0.469. The average molecular weight is 509 g/mol. The highest BCUT2D eigenvalue weighted by Gasteiger charge is 2.22. The first-order valence-electron chi connectivity index (χ1n) is 11.7. The molecular weight excluding hydrogens is 476 g/mol. The average Bonchev–Trinajstić information content (AvgIpc) is 3.34. The van der Waals surface area contributed by atoms with E-state index >= 15 is 0 Å². The van der Waals surface area contributed by atoms with Gasteiger partial charge in [-0.15, -0.1) is 11.8 Å². The van der Waals surface area contributed by atoms with Crippen molar-refractivity contribution >= 4 is 29.0 Å². The van der Waals surface area contributed by atoms with E-state index in [0.717, 1.165) is 33.1 Å². The van der Waals surface area contributed by atoms with E-state index in [1.54, 1.807) is 26.0 Å². The molecule has 0 saturated heterocycles. The second-order valence-electron chi connectivity index (χ2n) is 9.40. The molecule has 8 heteroatoms. The Morgan fingerprint density at radius 1 is 1.00 bits per heavy atom. The zero-order valence-corrected chi connectivity index (χ0v) is 22.1. The normalized spacial score (nSPS) is 12.2. The smallest absolute Gasteiger partial charge is 0.231 e. The number of thioether (sulfide) groups is 1. The summed E-state index contributed by atoms with van der Waals surface area (Å²) in [5.74, 6) is 3.47. The Labute approximate surface area is 216 Å². The lowest BCUT2D eigenvalue weighted by molar-refractivity contribution is -0.123. The first-order chi connectivity index (χ1) is 17.3. The van der Waals surface area contributed by atoms with Crippen molar-refractivity contribution < 1.29 is 23.7 Å². The standard InChI is InChI=1S/C28H32N2O5S/c1-28(2,3)27(31)30-21-8-6-7-9-25(21)36-16-19-14-20(10-11-22(19)32-4)29-15-18-12-23(33-5)26-24(13-18)34-17-35-26/h6-14,29H,15-17H2,1-5H3,(H,30,31). The number of nitrogens with one attached hydrogen (secondary N) is 2. The van der Waals surface area contributed by atoms with Gasteiger partial charge in [0, 0.05) is 33.9 Å². The molecule has 0 unspecified atom stereocenters. The number of carbonyl (C=O) groups excluding carboxylic acids is 1. The molecule has 4 rings (SSSR count). The molecule has 1 aliphatic rings. The number of hydrogen-bond donors (Lipinski definition) is 2. The number of anilines is 2. The molecule has 0 aliphatic carbocycles. The first kappa shape index (κ1) is 25.6. The minimum absolute atomic E-state index is 0.0144. The summed E-state index contributed by atoms with van der Waals surface area (Å²) in [6.45, 7) is 6.50. The van der Waals surface area contributed by atoms with Gasteiger partial charge in [0.15, 0.2) is 11.5 Å². The number of ether oxygens (including phenoxy) is 4. The molecule has 0 saturated carbocycles. The monoisotopic (exact) mass is 508 g/mol. The van der Waals surface area contributed by atoms with Crippen molar-refractivity contribution in [3.05, 3.63) is 65.7 Å². The van der Waals surface area contributed by atoms with Crippen LogP contribution in [0.4, 0.5) is 11.4 Å². The fourth-order valence-electron chi connectivity index (χ4n) is 3.65. The van der Waals surface area contributed by atoms with Gasteiger partial charge in [0.1, 0.15) is 5.75 Å². The number of benzene rings is 3. The Bertz CT molecular complexity index is 1240. The molecule has 1 aliphatic heterocycles. The Hall–Kier alpha value is -3.52. The first-order valence-corrected chi connectivity index (χ1v) is 12.7. The maximum Gasteiger partial charge on any atom is 0.231 e. The van der Waals surface area contributed by atoms with Crippen LogP contribution in [0.15, 0.2) is 59.5 Å². The molecule has 0 spiro atoms. The molecule has 1 amide bonds. The van der Waals surface area contributed by atoms with Crippen molar-refractivity contribution in [2.24, 2.45) is 5.41 Å². The van der Waals surface area contributed by atoms with Crippen LogP contribution < -0.4 is 29.6 Å². The fraction of sp³-hybridized carbons (Fsp3) is 0.321. The molecule has 3 aromatic carbocycles. The van der Waals surface area contributed by atoms with E-state index in [9.17, 15) is 4.79 Å². The molecule has 0 atom stereocenters. The number of hydrogen-bond acceptors (Lipinski definition) is 7. The van der Waals surface area contributed by atoms with Crippen molar-refractivity contribution in [2.75, 3.05) is 31.6 Å². The van der Waals surface area contributed by atoms with Gasteiger partial charge in [0.05, 0.1) is 19.9 Å². The highest BCUT2D eigenvalue weighted by atomic mass is 32.2. The predicted molar refractivity (Wildman–Crippen MR) is 144 cm³/mol. The van der Waals surface area contributed by atoms with Gasteiger partial charge in [-0.3, -0.25) is 4.79 Å². The molecule has 2 N–H and O–H groups in total. The Balaban J connectivity index is 1.46. The van der Waals surface area contributed by atoms with Crippen LogP contribution >= 0.6 is 11.8 Å². The highest BCUT2D eigenvalue weighted by Crippen LogP contribution is 2.42. The summed E-state index contributed by atoms with van der Waals surface area (Å²) in [7, 11) is 3.29. The second-order valence-corrected chi connectivity index (χ2v) is 10.4. The summed E-state index contributed by atoms with van der Waals surface area (Å²) < 4.78 is 22.1. The van der Waals surface area contributed by atoms with E-state index in [1.807, 2.05) is 69.3 Å². The molecule has 0 fully saturated rings. The van der Waals surface area contributed by atoms with E-state index in [0.29, 0.717) is 29.5 Å². The quantitative estimate of drug-likeness (QED) is 0.327. The zero-order valence-electron chi connectivity index (χ0n) is 21.3. The van der Waals surface area contributed by atoms with Crippen molar-refractivity contribution in [2.45, 2.75) is 38.0 Å². The number of rotatable bonds is 9. The lowest BCUT2D eigenvalue weighted by atomic mass is 9.95. The SMILES string of the molecule is COc1ccc(NCc2cc(OC)c3c(c2)OCO3)cc1CSc1ccccc1NC(=O)C(C)(C)C. The zero-order chi connectivity index (χ0) is 25.7. The van der Waals surface area contributed by atoms with Crippen LogP contribution in [0.5, 0.6) is 23.0 Å². The molecule has 36 heavy (non-hydrogen) atoms. The Morgan fingerprint density at radius 3 is 2.53 bits per heavy atom. The summed E-state index contributed by atoms with van der Waals surface area (Å²) in [6, 6.07) is 17.8. The molecule has 190 valence electrons. The Morgan fingerprint density at radius 2 is 1.78 bits per heavy atom. The van der Waals surface area contributed by atoms with E-state index in [2.05, 4.69) is 16.7 Å². The second kappa shape index (κ2) is 11.0. The summed E-state index contributed by atoms with van der Waals surface area (Å²) in [6.07, 6.45) is 0. The van der Waals surface area contributed by atoms with Crippen LogP contribution in [0.2, 0.25) is 0 Å². The van der Waals surface area contributed by atoms with E-state index in [1.165, 1.54) is 0 Å². The molecule has 0 radical (unpaired) electrons. The van der Waals surface area contributed by atoms with E-state index < -0.39 is 5.41 Å². The lowest BCUT2D eigenvalue weighted by Gasteiger charge is -2.19. The van der Waals surface area contributed by atoms with Gasteiger partial charge in [-0.25, -0.2) is 0 Å². The molecular formula is C28H32N2O5S. The highest BCUT2D eigenvalue weighted by molar-refractivity contribution is 7.98. The number of carbonyl (C=O) groups is 1. The fourth-order valence-corrected chi connectivity index (χ4v) is 4.64. The molecule has 0 bridgehead atoms. The lowest BCUT2D eigenvalue weighted by Crippen LogP contribution is -2.27. The molecule has 1 heterocycles. The molecule has 0 aromatic heterocycles. The van der Waals surface area contributed by atoms with Crippen molar-refractivity contribution in [3.8, 4) is 23.0 Å². The number of fused-ring (bicyclic) bond motifs is 1. The largest absolute Gasteiger partial charge is 0.496 e. The van der Waals surface area contributed by atoms with Gasteiger partial charge in [0.25, 0.3) is 0 Å². The van der Waals surface area contributed by atoms with Crippen LogP contribution in [0.3, 0.4) is 0 Å². The maximum absolute atomic E-state index is 12.5. The van der Waals surface area contributed by atoms with Crippen molar-refractivity contribution in [1.82, 2.24) is 0 Å². The van der Waals surface area contributed by atoms with Gasteiger partial charge < -0.3 is 29.6 Å². The minimum Gasteiger partial charge on any atom is -0.496 e. The van der Waals surface area contributed by atoms with Gasteiger partial charge in [-0.2, -0.15) is 0 Å². The third-order valence-corrected chi connectivity index (χ3v) is 6.82. The van der Waals surface area contributed by atoms with Crippen molar-refractivity contribution in [1.29, 1.82) is 0 Å². The summed E-state index contributed by atoms with van der Waals surface area (Å²) >= 11 is 1.65. The van der Waals surface area contributed by atoms with Crippen LogP contribution in [0, 0.1) is 5.41 Å². The summed E-state index contributed by atoms with van der Waals surface area (Å²) in [5.41, 5.74) is 3.38. The van der Waals surface area contributed by atoms with Gasteiger partial charge in [-0.1, -0.05) is 32.9 Å². The van der Waals surface area contributed by atoms with Crippen LogP contribution in [0.25, 0.3) is 0 Å². The molecule has 3 aromatic rings. The Kier molecular flexibility index (Phi) is 7.84. The van der Waals surface area contributed by atoms with Crippen LogP contribution in [-0.2, 0) is 17.1 Å². The van der Waals surface area contributed by atoms with Gasteiger partial charge >= 0.3 is 0 Å². The van der Waals surface area contributed by atoms with Crippen molar-refractivity contribution in [3.63, 3.8) is 0 Å². The maximum atomic E-state index is 12.5. The van der Waals surface area contributed by atoms with Gasteiger partial charge in [0.2, 0.25) is 18.4 Å². The third-order valence-electron chi connectivity index (χ3n) is 5.69. The van der Waals surface area contributed by atoms with Gasteiger partial charge in [-0.05, 0) is 48.0 Å². The van der Waals surface area contributed by atoms with Crippen LogP contribution in [0.1, 0.15) is 31.9 Å². The van der Waals surface area contributed by atoms with E-state index in [-0.39, 0.29) is 12.7 Å². The van der Waals surface area contributed by atoms with E-state index in [4.69, 9.17) is 18.9 Å². The topological polar surface area (TPSA) is 78.1 Å². The molecule has 7 nitrogen and oxygen atoms in total. The number of methoxy groups -OCH3 is 2. The summed E-state index contributed by atoms with van der Waals surface area (Å²) in [5, 5.41) is 6.53.